The molecule has 1 saturated heterocycles. The minimum absolute atomic E-state index is 0.0137. The Morgan fingerprint density at radius 3 is 2.86 bits per heavy atom. The lowest BCUT2D eigenvalue weighted by molar-refractivity contribution is -0.132. The molecule has 0 bridgehead atoms. The van der Waals surface area contributed by atoms with Gasteiger partial charge in [0.15, 0.2) is 18.1 Å². The molecule has 2 aliphatic rings. The van der Waals surface area contributed by atoms with Gasteiger partial charge in [0.2, 0.25) is 11.9 Å². The first-order valence-corrected chi connectivity index (χ1v) is 9.52. The van der Waals surface area contributed by atoms with Gasteiger partial charge in [-0.1, -0.05) is 6.07 Å². The first kappa shape index (κ1) is 18.3. The molecule has 2 amide bonds. The zero-order valence-electron chi connectivity index (χ0n) is 15.8. The molecule has 1 atom stereocenters. The van der Waals surface area contributed by atoms with Crippen molar-refractivity contribution >= 4 is 17.8 Å². The molecule has 28 heavy (non-hydrogen) atoms. The predicted molar refractivity (Wildman–Crippen MR) is 100 cm³/mol. The van der Waals surface area contributed by atoms with Gasteiger partial charge in [-0.2, -0.15) is 10.1 Å². The number of carbonyl (C=O) groups excluding carboxylic acids is 2. The number of hydrogen-bond donors (Lipinski definition) is 1. The lowest BCUT2D eigenvalue weighted by Gasteiger charge is -2.24. The summed E-state index contributed by atoms with van der Waals surface area (Å²) in [6.07, 6.45) is 3.77. The van der Waals surface area contributed by atoms with Crippen LogP contribution in [-0.2, 0) is 9.59 Å². The normalized spacial score (nSPS) is 18.5. The highest BCUT2D eigenvalue weighted by atomic mass is 16.5. The van der Waals surface area contributed by atoms with E-state index < -0.39 is 0 Å². The van der Waals surface area contributed by atoms with Gasteiger partial charge < -0.3 is 14.4 Å². The number of anilines is 1. The summed E-state index contributed by atoms with van der Waals surface area (Å²) in [6.45, 7) is 3.92. The van der Waals surface area contributed by atoms with Gasteiger partial charge in [0.05, 0.1) is 19.1 Å². The highest BCUT2D eigenvalue weighted by molar-refractivity contribution is 5.91. The summed E-state index contributed by atoms with van der Waals surface area (Å²) in [5.41, 5.74) is 0.864. The van der Waals surface area contributed by atoms with Crippen molar-refractivity contribution in [2.24, 2.45) is 0 Å². The van der Waals surface area contributed by atoms with Crippen molar-refractivity contribution in [1.29, 1.82) is 0 Å². The van der Waals surface area contributed by atoms with E-state index in [4.69, 9.17) is 9.47 Å². The molecule has 1 N–H and O–H groups in total. The van der Waals surface area contributed by atoms with Crippen LogP contribution < -0.4 is 14.8 Å². The third-order valence-corrected chi connectivity index (χ3v) is 4.96. The van der Waals surface area contributed by atoms with Crippen LogP contribution in [0, 0.1) is 0 Å². The number of aromatic nitrogens is 3. The molecule has 0 spiro atoms. The molecular formula is C19H23N5O4. The van der Waals surface area contributed by atoms with Crippen molar-refractivity contribution in [1.82, 2.24) is 19.7 Å². The first-order chi connectivity index (χ1) is 13.7. The van der Waals surface area contributed by atoms with Crippen molar-refractivity contribution in [3.8, 4) is 11.5 Å². The largest absolute Gasteiger partial charge is 0.490 e. The molecule has 2 aromatic rings. The van der Waals surface area contributed by atoms with Gasteiger partial charge in [0.1, 0.15) is 6.33 Å². The van der Waals surface area contributed by atoms with Gasteiger partial charge in [-0.25, -0.2) is 4.68 Å². The van der Waals surface area contributed by atoms with E-state index in [1.165, 1.54) is 6.33 Å². The number of ether oxygens (including phenoxy) is 2. The number of hydrogen-bond acceptors (Lipinski definition) is 6. The molecular weight excluding hydrogens is 362 g/mol. The highest BCUT2D eigenvalue weighted by Crippen LogP contribution is 2.35. The summed E-state index contributed by atoms with van der Waals surface area (Å²) in [5.74, 6) is 1.36. The summed E-state index contributed by atoms with van der Waals surface area (Å²) in [5, 5.41) is 6.92. The third kappa shape index (κ3) is 3.64. The maximum atomic E-state index is 12.2. The van der Waals surface area contributed by atoms with E-state index >= 15 is 0 Å². The molecule has 1 aromatic carbocycles. The Balaban J connectivity index is 1.54. The van der Waals surface area contributed by atoms with Crippen LogP contribution >= 0.6 is 0 Å². The lowest BCUT2D eigenvalue weighted by Crippen LogP contribution is -2.32. The highest BCUT2D eigenvalue weighted by Gasteiger charge is 2.28. The van der Waals surface area contributed by atoms with Crippen LogP contribution in [0.3, 0.4) is 0 Å². The fraction of sp³-hybridized carbons (Fsp3) is 0.474. The van der Waals surface area contributed by atoms with Gasteiger partial charge in [0.25, 0.3) is 5.91 Å². The van der Waals surface area contributed by atoms with Crippen molar-refractivity contribution in [3.05, 3.63) is 30.1 Å². The van der Waals surface area contributed by atoms with E-state index in [9.17, 15) is 9.59 Å². The summed E-state index contributed by atoms with van der Waals surface area (Å²) in [7, 11) is 0. The Bertz CT molecular complexity index is 875. The Morgan fingerprint density at radius 2 is 2.07 bits per heavy atom. The number of benzene rings is 1. The summed E-state index contributed by atoms with van der Waals surface area (Å²) < 4.78 is 13.2. The molecule has 0 unspecified atom stereocenters. The van der Waals surface area contributed by atoms with Crippen molar-refractivity contribution in [2.75, 3.05) is 31.6 Å². The monoisotopic (exact) mass is 385 g/mol. The molecule has 1 fully saturated rings. The van der Waals surface area contributed by atoms with Crippen LogP contribution in [-0.4, -0.2) is 57.8 Å². The number of nitrogens with one attached hydrogen (secondary N) is 1. The molecule has 9 heteroatoms. The zero-order chi connectivity index (χ0) is 19.5. The average Bonchev–Trinajstić information content (AvgIpc) is 3.38. The van der Waals surface area contributed by atoms with Gasteiger partial charge in [-0.3, -0.25) is 14.9 Å². The van der Waals surface area contributed by atoms with Crippen molar-refractivity contribution in [2.45, 2.75) is 32.2 Å². The molecule has 9 nitrogen and oxygen atoms in total. The van der Waals surface area contributed by atoms with Crippen molar-refractivity contribution < 1.29 is 19.1 Å². The predicted octanol–water partition coefficient (Wildman–Crippen LogP) is 1.61. The SMILES string of the molecule is CCOc1cc([C@@H]2CC(=O)Nc3ncnn32)ccc1OCC(=O)N1CCCC1. The smallest absolute Gasteiger partial charge is 0.260 e. The third-order valence-electron chi connectivity index (χ3n) is 4.96. The number of likely N-dealkylation sites (tertiary alicyclic amines) is 1. The van der Waals surface area contributed by atoms with Crippen LogP contribution in [0.4, 0.5) is 5.95 Å². The summed E-state index contributed by atoms with van der Waals surface area (Å²) in [4.78, 5) is 30.1. The minimum atomic E-state index is -0.272. The fourth-order valence-electron chi connectivity index (χ4n) is 3.58. The van der Waals surface area contributed by atoms with Crippen LogP contribution in [0.2, 0.25) is 0 Å². The zero-order valence-corrected chi connectivity index (χ0v) is 15.8. The molecule has 0 aliphatic carbocycles. The molecule has 3 heterocycles. The maximum Gasteiger partial charge on any atom is 0.260 e. The minimum Gasteiger partial charge on any atom is -0.490 e. The van der Waals surface area contributed by atoms with Crippen LogP contribution in [0.5, 0.6) is 11.5 Å². The molecule has 148 valence electrons. The van der Waals surface area contributed by atoms with Crippen molar-refractivity contribution in [3.63, 3.8) is 0 Å². The Labute approximate surface area is 162 Å². The molecule has 0 radical (unpaired) electrons. The fourth-order valence-corrected chi connectivity index (χ4v) is 3.58. The average molecular weight is 385 g/mol. The number of carbonyl (C=O) groups is 2. The lowest BCUT2D eigenvalue weighted by atomic mass is 10.0. The number of nitrogens with zero attached hydrogens (tertiary/aromatic N) is 4. The van der Waals surface area contributed by atoms with Crippen LogP contribution in [0.15, 0.2) is 24.5 Å². The number of amides is 2. The summed E-state index contributed by atoms with van der Waals surface area (Å²) >= 11 is 0. The maximum absolute atomic E-state index is 12.2. The molecule has 2 aliphatic heterocycles. The van der Waals surface area contributed by atoms with E-state index in [1.54, 1.807) is 10.7 Å². The second kappa shape index (κ2) is 7.87. The molecule has 1 aromatic heterocycles. The standard InChI is InChI=1S/C19H23N5O4/c1-2-27-16-9-13(14-10-17(25)22-19-20-12-21-24(14)19)5-6-15(16)28-11-18(26)23-7-3-4-8-23/h5-6,9,12,14H,2-4,7-8,10-11H2,1H3,(H,20,21,22,25)/t14-/m0/s1. The Kier molecular flexibility index (Phi) is 5.14. The van der Waals surface area contributed by atoms with E-state index in [-0.39, 0.29) is 30.9 Å². The van der Waals surface area contributed by atoms with E-state index in [2.05, 4.69) is 15.4 Å². The molecule has 4 rings (SSSR count). The van der Waals surface area contributed by atoms with Crippen LogP contribution in [0.1, 0.15) is 37.8 Å². The van der Waals surface area contributed by atoms with E-state index in [0.717, 1.165) is 31.5 Å². The van der Waals surface area contributed by atoms with Gasteiger partial charge in [-0.05, 0) is 37.5 Å². The second-order valence-electron chi connectivity index (χ2n) is 6.81. The molecule has 0 saturated carbocycles. The van der Waals surface area contributed by atoms with E-state index in [1.807, 2.05) is 24.0 Å². The Morgan fingerprint density at radius 1 is 1.25 bits per heavy atom. The number of rotatable bonds is 6. The second-order valence-corrected chi connectivity index (χ2v) is 6.81. The first-order valence-electron chi connectivity index (χ1n) is 9.52. The summed E-state index contributed by atoms with van der Waals surface area (Å²) in [6, 6.07) is 5.22. The number of fused-ring (bicyclic) bond motifs is 1. The topological polar surface area (TPSA) is 98.6 Å². The van der Waals surface area contributed by atoms with Gasteiger partial charge in [-0.15, -0.1) is 0 Å². The van der Waals surface area contributed by atoms with Gasteiger partial charge >= 0.3 is 0 Å². The Hall–Kier alpha value is -3.10. The van der Waals surface area contributed by atoms with Crippen LogP contribution in [0.25, 0.3) is 0 Å². The quantitative estimate of drug-likeness (QED) is 0.811. The van der Waals surface area contributed by atoms with E-state index in [0.29, 0.717) is 24.1 Å². The van der Waals surface area contributed by atoms with Gasteiger partial charge in [0, 0.05) is 13.1 Å².